The van der Waals surface area contributed by atoms with Crippen molar-refractivity contribution in [2.24, 2.45) is 0 Å². The number of hydrogen-bond donors (Lipinski definition) is 0. The number of halogens is 1. The highest BCUT2D eigenvalue weighted by Gasteiger charge is 2.63. The van der Waals surface area contributed by atoms with Gasteiger partial charge in [0.1, 0.15) is 5.54 Å². The van der Waals surface area contributed by atoms with Crippen LogP contribution in [0.2, 0.25) is 5.04 Å². The number of nitro groups is 1. The van der Waals surface area contributed by atoms with Crippen LogP contribution in [0, 0.1) is 21.4 Å². The van der Waals surface area contributed by atoms with E-state index in [4.69, 9.17) is 4.43 Å². The van der Waals surface area contributed by atoms with Crippen LogP contribution in [0.1, 0.15) is 32.3 Å². The van der Waals surface area contributed by atoms with Crippen LogP contribution in [0.5, 0.6) is 0 Å². The highest BCUT2D eigenvalue weighted by Crippen LogP contribution is 2.51. The fourth-order valence-electron chi connectivity index (χ4n) is 7.53. The van der Waals surface area contributed by atoms with Crippen LogP contribution in [-0.4, -0.2) is 68.7 Å². The number of non-ortho nitro benzene ring substituents is 1. The van der Waals surface area contributed by atoms with E-state index in [0.717, 1.165) is 20.4 Å². The van der Waals surface area contributed by atoms with Gasteiger partial charge in [0.2, 0.25) is 10.0 Å². The molecule has 1 aliphatic heterocycles. The summed E-state index contributed by atoms with van der Waals surface area (Å²) in [5.41, 5.74) is -0.538. The number of benzene rings is 4. The predicted molar refractivity (Wildman–Crippen MR) is 212 cm³/mol. The van der Waals surface area contributed by atoms with Gasteiger partial charge in [-0.05, 0) is 45.2 Å². The standard InChI is InChI=1S/C40H43BrN4O5SSi/c1-6-26-43(51(48,49)34-24-22-33(23-25-34)45(46)47)28-37-38(31-18-20-32(41)21-19-31)40(29-42,44(37)27-7-2)30-50-52(39(3,4)5,35-14-10-8-11-15-35)36-16-12-9-13-17-36/h6-25,37-38H,1-2,26-28,30H2,3-5H3/t37-,38+,40-/m0/s1. The Bertz CT molecular complexity index is 2000. The second kappa shape index (κ2) is 15.8. The lowest BCUT2D eigenvalue weighted by Crippen LogP contribution is -2.77. The van der Waals surface area contributed by atoms with Crippen molar-refractivity contribution in [2.75, 3.05) is 26.2 Å². The predicted octanol–water partition coefficient (Wildman–Crippen LogP) is 7.03. The van der Waals surface area contributed by atoms with Crippen LogP contribution in [0.15, 0.2) is 144 Å². The zero-order chi connectivity index (χ0) is 37.7. The maximum absolute atomic E-state index is 14.1. The lowest BCUT2D eigenvalue weighted by molar-refractivity contribution is -0.384. The Labute approximate surface area is 316 Å². The monoisotopic (exact) mass is 798 g/mol. The van der Waals surface area contributed by atoms with E-state index >= 15 is 0 Å². The first kappa shape index (κ1) is 39.0. The average molecular weight is 800 g/mol. The molecule has 270 valence electrons. The van der Waals surface area contributed by atoms with E-state index in [1.165, 1.54) is 34.6 Å². The van der Waals surface area contributed by atoms with E-state index in [2.05, 4.69) is 80.2 Å². The summed E-state index contributed by atoms with van der Waals surface area (Å²) in [6.45, 7) is 14.8. The molecule has 12 heteroatoms. The van der Waals surface area contributed by atoms with Gasteiger partial charge in [0, 0.05) is 48.2 Å². The summed E-state index contributed by atoms with van der Waals surface area (Å²) < 4.78 is 37.8. The van der Waals surface area contributed by atoms with Gasteiger partial charge in [-0.1, -0.05) is 122 Å². The topological polar surface area (TPSA) is 117 Å². The normalized spacial score (nSPS) is 19.4. The summed E-state index contributed by atoms with van der Waals surface area (Å²) in [7, 11) is -7.21. The third kappa shape index (κ3) is 7.22. The van der Waals surface area contributed by atoms with E-state index in [9.17, 15) is 23.8 Å². The maximum atomic E-state index is 14.1. The van der Waals surface area contributed by atoms with Crippen LogP contribution in [0.25, 0.3) is 0 Å². The minimum absolute atomic E-state index is 0.0110. The van der Waals surface area contributed by atoms with Crippen molar-refractivity contribution in [3.05, 3.63) is 155 Å². The molecule has 1 heterocycles. The summed E-state index contributed by atoms with van der Waals surface area (Å²) in [6.07, 6.45) is 3.24. The lowest BCUT2D eigenvalue weighted by atomic mass is 9.65. The number of nitriles is 1. The second-order valence-corrected chi connectivity index (χ2v) is 21.0. The van der Waals surface area contributed by atoms with E-state index in [1.54, 1.807) is 6.08 Å². The van der Waals surface area contributed by atoms with Crippen LogP contribution in [0.3, 0.4) is 0 Å². The molecule has 1 saturated heterocycles. The Morgan fingerprint density at radius 3 is 1.98 bits per heavy atom. The Morgan fingerprint density at radius 2 is 1.52 bits per heavy atom. The molecule has 1 fully saturated rings. The third-order valence-electron chi connectivity index (χ3n) is 9.89. The number of hydrogen-bond acceptors (Lipinski definition) is 7. The van der Waals surface area contributed by atoms with Crippen molar-refractivity contribution in [3.8, 4) is 6.07 Å². The fraction of sp³-hybridized carbons (Fsp3) is 0.275. The van der Waals surface area contributed by atoms with Gasteiger partial charge in [-0.15, -0.1) is 13.2 Å². The first-order chi connectivity index (χ1) is 24.8. The molecule has 5 rings (SSSR count). The average Bonchev–Trinajstić information content (AvgIpc) is 3.13. The van der Waals surface area contributed by atoms with Crippen molar-refractivity contribution in [1.29, 1.82) is 5.26 Å². The summed E-state index contributed by atoms with van der Waals surface area (Å²) in [5.74, 6) is -0.469. The van der Waals surface area contributed by atoms with Crippen LogP contribution in [0.4, 0.5) is 5.69 Å². The van der Waals surface area contributed by atoms with Crippen molar-refractivity contribution in [1.82, 2.24) is 9.21 Å². The Hall–Kier alpha value is -4.22. The van der Waals surface area contributed by atoms with Gasteiger partial charge in [-0.2, -0.15) is 9.57 Å². The molecule has 3 atom stereocenters. The Morgan fingerprint density at radius 1 is 0.962 bits per heavy atom. The van der Waals surface area contributed by atoms with Gasteiger partial charge in [-0.3, -0.25) is 15.0 Å². The molecule has 0 saturated carbocycles. The van der Waals surface area contributed by atoms with Crippen LogP contribution in [-0.2, 0) is 14.4 Å². The van der Waals surface area contributed by atoms with Gasteiger partial charge in [0.15, 0.2) is 0 Å². The number of rotatable bonds is 15. The van der Waals surface area contributed by atoms with Gasteiger partial charge in [0.25, 0.3) is 14.0 Å². The molecule has 0 aliphatic carbocycles. The quantitative estimate of drug-likeness (QED) is 0.0549. The number of nitro benzene ring substituents is 1. The highest BCUT2D eigenvalue weighted by atomic mass is 79.9. The van der Waals surface area contributed by atoms with Crippen molar-refractivity contribution in [2.45, 2.75) is 48.2 Å². The molecule has 0 radical (unpaired) electrons. The molecule has 1 aliphatic rings. The molecule has 0 aromatic heterocycles. The molecule has 0 N–H and O–H groups in total. The van der Waals surface area contributed by atoms with Crippen LogP contribution >= 0.6 is 15.9 Å². The van der Waals surface area contributed by atoms with Crippen molar-refractivity contribution < 1.29 is 17.8 Å². The van der Waals surface area contributed by atoms with E-state index in [0.29, 0.717) is 6.54 Å². The summed E-state index contributed by atoms with van der Waals surface area (Å²) in [6, 6.07) is 35.3. The Balaban J connectivity index is 1.63. The first-order valence-electron chi connectivity index (χ1n) is 16.9. The largest absolute Gasteiger partial charge is 0.404 e. The minimum Gasteiger partial charge on any atom is -0.404 e. The molecule has 0 unspecified atom stereocenters. The van der Waals surface area contributed by atoms with E-state index in [1.807, 2.05) is 65.6 Å². The SMILES string of the molecule is C=CCN1[C@@H](CN(CC=C)S(=O)(=O)c2ccc([N+](=O)[O-])cc2)[C@@H](c2ccc(Br)cc2)[C@]1(C#N)CO[Si](c1ccccc1)(c1ccccc1)C(C)(C)C. The molecule has 52 heavy (non-hydrogen) atoms. The summed E-state index contributed by atoms with van der Waals surface area (Å²) in [5, 5.41) is 24.4. The zero-order valence-corrected chi connectivity index (χ0v) is 33.0. The van der Waals surface area contributed by atoms with Crippen LogP contribution < -0.4 is 10.4 Å². The number of likely N-dealkylation sites (tertiary alicyclic amines) is 1. The third-order valence-corrected chi connectivity index (χ3v) is 17.3. The number of sulfonamides is 1. The molecule has 4 aromatic carbocycles. The molecular formula is C40H43BrN4O5SSi. The summed E-state index contributed by atoms with van der Waals surface area (Å²) >= 11 is 3.54. The maximum Gasteiger partial charge on any atom is 0.269 e. The zero-order valence-electron chi connectivity index (χ0n) is 29.6. The first-order valence-corrected chi connectivity index (χ1v) is 21.1. The summed E-state index contributed by atoms with van der Waals surface area (Å²) in [4.78, 5) is 12.6. The number of nitrogens with zero attached hydrogens (tertiary/aromatic N) is 4. The molecule has 0 spiro atoms. The van der Waals surface area contributed by atoms with Gasteiger partial charge < -0.3 is 4.43 Å². The highest BCUT2D eigenvalue weighted by molar-refractivity contribution is 9.10. The van der Waals surface area contributed by atoms with Gasteiger partial charge >= 0.3 is 0 Å². The smallest absolute Gasteiger partial charge is 0.269 e. The molecule has 0 amide bonds. The fourth-order valence-corrected chi connectivity index (χ4v) is 13.8. The van der Waals surface area contributed by atoms with E-state index in [-0.39, 0.29) is 35.3 Å². The van der Waals surface area contributed by atoms with Gasteiger partial charge in [0.05, 0.1) is 22.5 Å². The Kier molecular flexibility index (Phi) is 11.8. The van der Waals surface area contributed by atoms with Crippen molar-refractivity contribution in [3.63, 3.8) is 0 Å². The van der Waals surface area contributed by atoms with E-state index < -0.39 is 40.8 Å². The minimum atomic E-state index is -4.13. The molecule has 0 bridgehead atoms. The molecule has 9 nitrogen and oxygen atoms in total. The van der Waals surface area contributed by atoms with Crippen molar-refractivity contribution >= 4 is 50.3 Å². The second-order valence-electron chi connectivity index (χ2n) is 13.9. The molecule has 4 aromatic rings. The lowest BCUT2D eigenvalue weighted by Gasteiger charge is -2.62. The molecular weight excluding hydrogens is 757 g/mol. The van der Waals surface area contributed by atoms with Gasteiger partial charge in [-0.25, -0.2) is 8.42 Å².